The average molecular weight is 336 g/mol. The Labute approximate surface area is 126 Å². The smallest absolute Gasteiger partial charge is 0.252 e. The number of halogens is 1. The molecule has 3 rings (SSSR count). The third-order valence-electron chi connectivity index (χ3n) is 4.70. The topological polar surface area (TPSA) is 81.5 Å². The second-order valence-electron chi connectivity index (χ2n) is 5.81. The summed E-state index contributed by atoms with van der Waals surface area (Å²) >= 11 is 3.45. The predicted molar refractivity (Wildman–Crippen MR) is 82.0 cm³/mol. The molecule has 1 aromatic carbocycles. The SMILES string of the molecule is NC(N)=NC(=O)[C@H]1C2CCC(C2)[C@@H]1c1ccc(Br)cc1. The third kappa shape index (κ3) is 2.35. The molecule has 0 aliphatic heterocycles. The number of nitrogens with two attached hydrogens (primary N) is 2. The fourth-order valence-corrected chi connectivity index (χ4v) is 4.28. The molecule has 2 aliphatic rings. The summed E-state index contributed by atoms with van der Waals surface area (Å²) in [6, 6.07) is 8.27. The van der Waals surface area contributed by atoms with Crippen molar-refractivity contribution in [1.82, 2.24) is 0 Å². The summed E-state index contributed by atoms with van der Waals surface area (Å²) in [4.78, 5) is 16.1. The van der Waals surface area contributed by atoms with Crippen LogP contribution in [0.5, 0.6) is 0 Å². The van der Waals surface area contributed by atoms with E-state index in [4.69, 9.17) is 11.5 Å². The summed E-state index contributed by atoms with van der Waals surface area (Å²) in [5.74, 6) is 0.945. The van der Waals surface area contributed by atoms with Crippen molar-refractivity contribution >= 4 is 27.8 Å². The van der Waals surface area contributed by atoms with Crippen LogP contribution < -0.4 is 11.5 Å². The van der Waals surface area contributed by atoms with Gasteiger partial charge >= 0.3 is 0 Å². The van der Waals surface area contributed by atoms with Crippen LogP contribution in [0.15, 0.2) is 33.7 Å². The number of aliphatic imine (C=N–C) groups is 1. The lowest BCUT2D eigenvalue weighted by molar-refractivity contribution is -0.123. The Morgan fingerprint density at radius 2 is 1.80 bits per heavy atom. The van der Waals surface area contributed by atoms with E-state index < -0.39 is 0 Å². The molecular weight excluding hydrogens is 318 g/mol. The number of rotatable bonds is 2. The van der Waals surface area contributed by atoms with E-state index in [1.807, 2.05) is 12.1 Å². The maximum atomic E-state index is 12.3. The molecule has 0 spiro atoms. The van der Waals surface area contributed by atoms with Crippen LogP contribution in [0, 0.1) is 17.8 Å². The first-order valence-electron chi connectivity index (χ1n) is 6.95. The number of hydrogen-bond donors (Lipinski definition) is 2. The monoisotopic (exact) mass is 335 g/mol. The average Bonchev–Trinajstić information content (AvgIpc) is 2.99. The first-order chi connectivity index (χ1) is 9.56. The molecule has 5 heteroatoms. The van der Waals surface area contributed by atoms with Gasteiger partial charge in [0.15, 0.2) is 5.96 Å². The van der Waals surface area contributed by atoms with Crippen LogP contribution >= 0.6 is 15.9 Å². The van der Waals surface area contributed by atoms with Gasteiger partial charge in [-0.05, 0) is 54.7 Å². The van der Waals surface area contributed by atoms with Crippen molar-refractivity contribution in [1.29, 1.82) is 0 Å². The summed E-state index contributed by atoms with van der Waals surface area (Å²) in [6.07, 6.45) is 3.45. The largest absolute Gasteiger partial charge is 0.370 e. The highest BCUT2D eigenvalue weighted by molar-refractivity contribution is 9.10. The van der Waals surface area contributed by atoms with Gasteiger partial charge in [0.1, 0.15) is 0 Å². The molecular formula is C15H18BrN3O. The zero-order valence-electron chi connectivity index (χ0n) is 11.1. The van der Waals surface area contributed by atoms with Gasteiger partial charge in [-0.25, -0.2) is 0 Å². The Balaban J connectivity index is 1.93. The Bertz CT molecular complexity index is 551. The first-order valence-corrected chi connectivity index (χ1v) is 7.74. The van der Waals surface area contributed by atoms with Crippen LogP contribution in [-0.4, -0.2) is 11.9 Å². The van der Waals surface area contributed by atoms with Crippen LogP contribution in [0.3, 0.4) is 0 Å². The van der Waals surface area contributed by atoms with Gasteiger partial charge in [-0.1, -0.05) is 28.1 Å². The van der Waals surface area contributed by atoms with E-state index in [2.05, 4.69) is 33.1 Å². The number of benzene rings is 1. The van der Waals surface area contributed by atoms with E-state index in [0.717, 1.165) is 17.3 Å². The van der Waals surface area contributed by atoms with Gasteiger partial charge in [-0.2, -0.15) is 4.99 Å². The molecule has 20 heavy (non-hydrogen) atoms. The minimum atomic E-state index is -0.148. The lowest BCUT2D eigenvalue weighted by Crippen LogP contribution is -2.31. The summed E-state index contributed by atoms with van der Waals surface area (Å²) in [6.45, 7) is 0. The summed E-state index contributed by atoms with van der Waals surface area (Å²) in [7, 11) is 0. The van der Waals surface area contributed by atoms with Crippen molar-refractivity contribution < 1.29 is 4.79 Å². The fourth-order valence-electron chi connectivity index (χ4n) is 4.01. The number of amides is 1. The van der Waals surface area contributed by atoms with Crippen LogP contribution in [-0.2, 0) is 4.79 Å². The Kier molecular flexibility index (Phi) is 3.54. The van der Waals surface area contributed by atoms with E-state index in [9.17, 15) is 4.79 Å². The van der Waals surface area contributed by atoms with Crippen LogP contribution in [0.1, 0.15) is 30.7 Å². The van der Waals surface area contributed by atoms with E-state index in [1.165, 1.54) is 12.0 Å². The minimum Gasteiger partial charge on any atom is -0.370 e. The van der Waals surface area contributed by atoms with Gasteiger partial charge in [0.25, 0.3) is 5.91 Å². The van der Waals surface area contributed by atoms with Crippen molar-refractivity contribution in [2.24, 2.45) is 34.2 Å². The van der Waals surface area contributed by atoms with Crippen LogP contribution in [0.25, 0.3) is 0 Å². The molecule has 2 saturated carbocycles. The number of fused-ring (bicyclic) bond motifs is 2. The minimum absolute atomic E-state index is 0.0583. The quantitative estimate of drug-likeness (QED) is 0.643. The normalized spacial score (nSPS) is 31.2. The van der Waals surface area contributed by atoms with Gasteiger partial charge in [0, 0.05) is 4.47 Å². The standard InChI is InChI=1S/C15H18BrN3O/c16-11-5-3-8(4-6-11)12-9-1-2-10(7-9)13(12)14(20)19-15(17)18/h3-6,9-10,12-13H,1-2,7H2,(H4,17,18,19,20)/t9?,10?,12-,13-/m0/s1. The van der Waals surface area contributed by atoms with E-state index in [-0.39, 0.29) is 23.7 Å². The molecule has 2 aliphatic carbocycles. The van der Waals surface area contributed by atoms with E-state index in [0.29, 0.717) is 11.8 Å². The van der Waals surface area contributed by atoms with Gasteiger partial charge in [-0.3, -0.25) is 4.79 Å². The molecule has 4 N–H and O–H groups in total. The molecule has 0 heterocycles. The highest BCUT2D eigenvalue weighted by atomic mass is 79.9. The molecule has 1 amide bonds. The summed E-state index contributed by atoms with van der Waals surface area (Å²) in [5.41, 5.74) is 12.0. The van der Waals surface area contributed by atoms with Crippen molar-refractivity contribution in [3.63, 3.8) is 0 Å². The number of guanidine groups is 1. The lowest BCUT2D eigenvalue weighted by atomic mass is 9.75. The number of hydrogen-bond acceptors (Lipinski definition) is 1. The Morgan fingerprint density at radius 1 is 1.15 bits per heavy atom. The molecule has 4 atom stereocenters. The van der Waals surface area contributed by atoms with E-state index >= 15 is 0 Å². The lowest BCUT2D eigenvalue weighted by Gasteiger charge is -2.29. The Morgan fingerprint density at radius 3 is 2.45 bits per heavy atom. The maximum absolute atomic E-state index is 12.3. The number of carbonyl (C=O) groups is 1. The van der Waals surface area contributed by atoms with Crippen LogP contribution in [0.2, 0.25) is 0 Å². The zero-order chi connectivity index (χ0) is 14.3. The zero-order valence-corrected chi connectivity index (χ0v) is 12.7. The van der Waals surface area contributed by atoms with Crippen molar-refractivity contribution in [3.05, 3.63) is 34.3 Å². The van der Waals surface area contributed by atoms with E-state index in [1.54, 1.807) is 0 Å². The summed E-state index contributed by atoms with van der Waals surface area (Å²) < 4.78 is 1.05. The summed E-state index contributed by atoms with van der Waals surface area (Å²) in [5, 5.41) is 0. The van der Waals surface area contributed by atoms with Gasteiger partial charge in [0.05, 0.1) is 5.92 Å². The maximum Gasteiger partial charge on any atom is 0.252 e. The fraction of sp³-hybridized carbons (Fsp3) is 0.467. The molecule has 2 bridgehead atoms. The molecule has 0 saturated heterocycles. The predicted octanol–water partition coefficient (Wildman–Crippen LogP) is 2.38. The molecule has 2 unspecified atom stereocenters. The van der Waals surface area contributed by atoms with Gasteiger partial charge in [-0.15, -0.1) is 0 Å². The first kappa shape index (κ1) is 13.6. The van der Waals surface area contributed by atoms with Crippen molar-refractivity contribution in [2.75, 3.05) is 0 Å². The van der Waals surface area contributed by atoms with Gasteiger partial charge in [0.2, 0.25) is 0 Å². The molecule has 4 nitrogen and oxygen atoms in total. The molecule has 2 fully saturated rings. The second-order valence-corrected chi connectivity index (χ2v) is 6.73. The van der Waals surface area contributed by atoms with Crippen LogP contribution in [0.4, 0.5) is 0 Å². The Hall–Kier alpha value is -1.36. The van der Waals surface area contributed by atoms with Crippen molar-refractivity contribution in [2.45, 2.75) is 25.2 Å². The molecule has 106 valence electrons. The highest BCUT2D eigenvalue weighted by Gasteiger charge is 2.51. The highest BCUT2D eigenvalue weighted by Crippen LogP contribution is 2.57. The van der Waals surface area contributed by atoms with Crippen molar-refractivity contribution in [3.8, 4) is 0 Å². The third-order valence-corrected chi connectivity index (χ3v) is 5.22. The second kappa shape index (κ2) is 5.20. The number of carbonyl (C=O) groups excluding carboxylic acids is 1. The molecule has 1 aromatic rings. The molecule has 0 radical (unpaired) electrons. The van der Waals surface area contributed by atoms with Gasteiger partial charge < -0.3 is 11.5 Å². The molecule has 0 aromatic heterocycles. The number of nitrogens with zero attached hydrogens (tertiary/aromatic N) is 1.